The Morgan fingerprint density at radius 3 is 1.20 bits per heavy atom. The van der Waals surface area contributed by atoms with Crippen LogP contribution in [0.2, 0.25) is 10.0 Å². The standard InChI is InChI=1S/C58H64BCl2F4N4O10S2/c1-57(2,3)76-55(72)66(7)33-11-15-35(16-12-33)68(53(70)51-47(60)45-39(62)21-23-41(64)49(45)80-51)29-31-27-37(19-25-43(31)74-9)78-59-79-38-20-26-44(75-10)32(28-38)30-69(36-17-13-34(14-18-36)67(8)56(73)77-58(4,5)6)54(71)52-48(61)46-40(63)22-24-42(65)50(46)81-52/h19-28,33-36H,11-18,29-30H2,1-10H3. The lowest BCUT2D eigenvalue weighted by Crippen LogP contribution is -2.47. The van der Waals surface area contributed by atoms with E-state index in [1.165, 1.54) is 14.2 Å². The molecular formula is C58H64BCl2F4N4O10S2. The smallest absolute Gasteiger partial charge is 0.526 e. The van der Waals surface area contributed by atoms with Crippen LogP contribution in [0.15, 0.2) is 60.7 Å². The van der Waals surface area contributed by atoms with Gasteiger partial charge in [0, 0.05) is 49.4 Å². The Morgan fingerprint density at radius 1 is 0.543 bits per heavy atom. The van der Waals surface area contributed by atoms with E-state index in [2.05, 4.69) is 0 Å². The highest BCUT2D eigenvalue weighted by Gasteiger charge is 2.38. The van der Waals surface area contributed by atoms with Crippen LogP contribution in [0, 0.1) is 23.3 Å². The van der Waals surface area contributed by atoms with E-state index in [0.717, 1.165) is 54.6 Å². The van der Waals surface area contributed by atoms with Crippen LogP contribution >= 0.6 is 45.9 Å². The summed E-state index contributed by atoms with van der Waals surface area (Å²) in [5.74, 6) is -2.64. The predicted octanol–water partition coefficient (Wildman–Crippen LogP) is 14.6. The Kier molecular flexibility index (Phi) is 18.9. The minimum Gasteiger partial charge on any atom is -0.526 e. The molecule has 6 aromatic rings. The number of carbonyl (C=O) groups excluding carboxylic acids is 4. The quantitative estimate of drug-likeness (QED) is 0.0680. The SMILES string of the molecule is COc1ccc(O[B]Oc2ccc(OC)c(CN(C(=O)c3sc4c(F)ccc(F)c4c3Cl)C3CCC(N(C)C(=O)OC(C)(C)C)CC3)c2)cc1CN(C(=O)c1sc2c(F)ccc(F)c2c1Cl)C1CCC(N(C)C(=O)OC(C)(C)C)CC1. The van der Waals surface area contributed by atoms with Gasteiger partial charge in [-0.25, -0.2) is 27.2 Å². The molecule has 2 heterocycles. The Bertz CT molecular complexity index is 3110. The number of hydrogen-bond acceptors (Lipinski definition) is 12. The maximum Gasteiger partial charge on any atom is 0.658 e. The van der Waals surface area contributed by atoms with Gasteiger partial charge in [-0.1, -0.05) is 23.2 Å². The summed E-state index contributed by atoms with van der Waals surface area (Å²) < 4.78 is 95.2. The first-order chi connectivity index (χ1) is 38.3. The second-order valence-electron chi connectivity index (χ2n) is 22.2. The largest absolute Gasteiger partial charge is 0.658 e. The number of carbonyl (C=O) groups is 4. The number of hydrogen-bond donors (Lipinski definition) is 0. The number of amides is 4. The first-order valence-electron chi connectivity index (χ1n) is 26.4. The molecule has 0 aliphatic heterocycles. The van der Waals surface area contributed by atoms with E-state index in [0.29, 0.717) is 74.0 Å². The first-order valence-corrected chi connectivity index (χ1v) is 28.8. The highest BCUT2D eigenvalue weighted by molar-refractivity contribution is 7.22. The molecule has 2 saturated carbocycles. The van der Waals surface area contributed by atoms with Gasteiger partial charge in [0.1, 0.15) is 67.2 Å². The number of halogens is 6. The zero-order valence-electron chi connectivity index (χ0n) is 46.7. The first kappa shape index (κ1) is 60.9. The van der Waals surface area contributed by atoms with Crippen LogP contribution < -0.4 is 18.8 Å². The normalized spacial score (nSPS) is 17.5. The van der Waals surface area contributed by atoms with Crippen LogP contribution in [-0.4, -0.2) is 115 Å². The molecule has 0 spiro atoms. The van der Waals surface area contributed by atoms with Gasteiger partial charge >= 0.3 is 19.9 Å². The molecule has 0 saturated heterocycles. The number of nitrogens with zero attached hydrogens (tertiary/aromatic N) is 4. The van der Waals surface area contributed by atoms with Crippen molar-refractivity contribution in [2.24, 2.45) is 0 Å². The second-order valence-corrected chi connectivity index (χ2v) is 25.0. The third kappa shape index (κ3) is 13.9. The van der Waals surface area contributed by atoms with Crippen LogP contribution in [0.25, 0.3) is 20.2 Å². The van der Waals surface area contributed by atoms with Crippen molar-refractivity contribution < 1.29 is 65.0 Å². The van der Waals surface area contributed by atoms with E-state index in [-0.39, 0.29) is 76.6 Å². The summed E-state index contributed by atoms with van der Waals surface area (Å²) in [4.78, 5) is 62.0. The number of fused-ring (bicyclic) bond motifs is 2. The number of methoxy groups -OCH3 is 2. The van der Waals surface area contributed by atoms with Gasteiger partial charge in [-0.15, -0.1) is 22.7 Å². The van der Waals surface area contributed by atoms with E-state index in [4.69, 9.17) is 51.5 Å². The van der Waals surface area contributed by atoms with Crippen molar-refractivity contribution in [2.45, 2.75) is 141 Å². The molecule has 0 unspecified atom stereocenters. The lowest BCUT2D eigenvalue weighted by atomic mass is 9.89. The average molecular weight is 1200 g/mol. The van der Waals surface area contributed by atoms with Crippen molar-refractivity contribution in [1.29, 1.82) is 0 Å². The number of thiophene rings is 2. The molecular weight excluding hydrogens is 1130 g/mol. The molecule has 0 bridgehead atoms. The Labute approximate surface area is 487 Å². The summed E-state index contributed by atoms with van der Waals surface area (Å²) in [5, 5.41) is -0.748. The Balaban J connectivity index is 1.02. The highest BCUT2D eigenvalue weighted by Crippen LogP contribution is 2.43. The predicted molar refractivity (Wildman–Crippen MR) is 306 cm³/mol. The average Bonchev–Trinajstić information content (AvgIpc) is 4.17. The van der Waals surface area contributed by atoms with Crippen molar-refractivity contribution >= 4 is 97.7 Å². The van der Waals surface area contributed by atoms with E-state index in [1.54, 1.807) is 112 Å². The molecule has 81 heavy (non-hydrogen) atoms. The molecule has 433 valence electrons. The van der Waals surface area contributed by atoms with Crippen molar-refractivity contribution in [3.63, 3.8) is 0 Å². The molecule has 4 amide bonds. The van der Waals surface area contributed by atoms with Crippen LogP contribution in [0.3, 0.4) is 0 Å². The second kappa shape index (κ2) is 25.1. The summed E-state index contributed by atoms with van der Waals surface area (Å²) in [7, 11) is 7.45. The van der Waals surface area contributed by atoms with Crippen molar-refractivity contribution in [1.82, 2.24) is 19.6 Å². The molecule has 4 aromatic carbocycles. The molecule has 2 aromatic heterocycles. The minimum absolute atomic E-state index is 0.0340. The van der Waals surface area contributed by atoms with Crippen molar-refractivity contribution in [3.8, 4) is 23.0 Å². The summed E-state index contributed by atoms with van der Waals surface area (Å²) >= 11 is 15.0. The molecule has 0 atom stereocenters. The summed E-state index contributed by atoms with van der Waals surface area (Å²) in [6, 6.07) is 12.7. The number of rotatable bonds is 16. The number of ether oxygens (including phenoxy) is 4. The zero-order valence-corrected chi connectivity index (χ0v) is 49.8. The molecule has 2 aliphatic carbocycles. The van der Waals surface area contributed by atoms with Crippen molar-refractivity contribution in [3.05, 3.63) is 115 Å². The van der Waals surface area contributed by atoms with Gasteiger partial charge in [-0.2, -0.15) is 0 Å². The fraction of sp³-hybridized carbons (Fsp3) is 0.448. The molecule has 8 rings (SSSR count). The molecule has 23 heteroatoms. The van der Waals surface area contributed by atoms with Gasteiger partial charge in [-0.05, 0) is 154 Å². The van der Waals surface area contributed by atoms with Gasteiger partial charge in [0.05, 0.1) is 57.5 Å². The molecule has 0 N–H and O–H groups in total. The van der Waals surface area contributed by atoms with Gasteiger partial charge in [0.25, 0.3) is 11.8 Å². The van der Waals surface area contributed by atoms with E-state index in [9.17, 15) is 19.2 Å². The Morgan fingerprint density at radius 2 is 0.877 bits per heavy atom. The summed E-state index contributed by atoms with van der Waals surface area (Å²) in [6.45, 7) is 10.7. The van der Waals surface area contributed by atoms with Crippen molar-refractivity contribution in [2.75, 3.05) is 28.3 Å². The van der Waals surface area contributed by atoms with Crippen LogP contribution in [0.1, 0.15) is 123 Å². The van der Waals surface area contributed by atoms with E-state index in [1.807, 2.05) is 0 Å². The van der Waals surface area contributed by atoms with Crippen LogP contribution in [0.5, 0.6) is 23.0 Å². The molecule has 2 aliphatic rings. The topological polar surface area (TPSA) is 137 Å². The lowest BCUT2D eigenvalue weighted by molar-refractivity contribution is 0.0138. The zero-order chi connectivity index (χ0) is 58.8. The van der Waals surface area contributed by atoms with Gasteiger partial charge in [0.15, 0.2) is 0 Å². The van der Waals surface area contributed by atoms with Gasteiger partial charge in [0.2, 0.25) is 0 Å². The summed E-state index contributed by atoms with van der Waals surface area (Å²) in [6.07, 6.45) is 3.07. The third-order valence-corrected chi connectivity index (χ3v) is 17.9. The van der Waals surface area contributed by atoms with Crippen LogP contribution in [0.4, 0.5) is 27.2 Å². The third-order valence-electron chi connectivity index (χ3n) is 14.5. The monoisotopic (exact) mass is 1200 g/mol. The fourth-order valence-electron chi connectivity index (χ4n) is 10.4. The van der Waals surface area contributed by atoms with Gasteiger partial charge in [-0.3, -0.25) is 9.59 Å². The maximum atomic E-state index is 15.1. The van der Waals surface area contributed by atoms with E-state index < -0.39 is 70.6 Å². The van der Waals surface area contributed by atoms with E-state index >= 15 is 17.6 Å². The van der Waals surface area contributed by atoms with Gasteiger partial charge < -0.3 is 47.9 Å². The minimum atomic E-state index is -0.761. The highest BCUT2D eigenvalue weighted by atomic mass is 35.5. The molecule has 2 fully saturated rings. The van der Waals surface area contributed by atoms with Crippen LogP contribution in [-0.2, 0) is 22.6 Å². The fourth-order valence-corrected chi connectivity index (χ4v) is 13.4. The molecule has 1 radical (unpaired) electrons. The maximum absolute atomic E-state index is 15.1. The number of benzene rings is 4. The Hall–Kier alpha value is -6.16. The summed E-state index contributed by atoms with van der Waals surface area (Å²) in [5.41, 5.74) is -0.351. The lowest BCUT2D eigenvalue weighted by Gasteiger charge is -2.40. The molecule has 14 nitrogen and oxygen atoms in total.